The van der Waals surface area contributed by atoms with E-state index >= 15 is 0 Å². The van der Waals surface area contributed by atoms with Gasteiger partial charge in [0.15, 0.2) is 0 Å². The molecule has 0 amide bonds. The maximum Gasteiger partial charge on any atom is 0.370 e. The quantitative estimate of drug-likeness (QED) is 0.525. The first-order valence-electron chi connectivity index (χ1n) is 4.65. The average Bonchev–Trinajstić information content (AvgIpc) is 2.25. The van der Waals surface area contributed by atoms with Gasteiger partial charge < -0.3 is 4.74 Å². The molecule has 0 saturated carbocycles. The van der Waals surface area contributed by atoms with E-state index in [4.69, 9.17) is 34.8 Å². The summed E-state index contributed by atoms with van der Waals surface area (Å²) in [5.41, 5.74) is 3.07. The highest BCUT2D eigenvalue weighted by molar-refractivity contribution is 6.82. The van der Waals surface area contributed by atoms with E-state index in [-0.39, 0.29) is 11.8 Å². The van der Waals surface area contributed by atoms with Crippen molar-refractivity contribution in [1.82, 2.24) is 0 Å². The highest BCUT2D eigenvalue weighted by Gasteiger charge is 2.08. The molecule has 0 aliphatic carbocycles. The first-order chi connectivity index (χ1) is 8.02. The third kappa shape index (κ3) is 4.81. The standard InChI is InChI=1S/C10H9Cl3N2O2/c1-2-17-10(16)9(13)15-14-8-4-6(11)3-7(12)5-8/h3-5,14H,2H2,1H3. The second-order valence-electron chi connectivity index (χ2n) is 2.89. The zero-order valence-electron chi connectivity index (χ0n) is 8.84. The lowest BCUT2D eigenvalue weighted by atomic mass is 10.3. The molecule has 0 aliphatic rings. The van der Waals surface area contributed by atoms with Crippen LogP contribution in [0, 0.1) is 0 Å². The Balaban J connectivity index is 2.71. The number of anilines is 1. The van der Waals surface area contributed by atoms with Gasteiger partial charge in [0.05, 0.1) is 12.3 Å². The SMILES string of the molecule is CCOC(=O)C(Cl)=NNc1cc(Cl)cc(Cl)c1. The number of rotatable bonds is 4. The minimum absolute atomic E-state index is 0.230. The Labute approximate surface area is 113 Å². The third-order valence-corrected chi connectivity index (χ3v) is 2.26. The molecule has 0 saturated heterocycles. The van der Waals surface area contributed by atoms with E-state index < -0.39 is 5.97 Å². The monoisotopic (exact) mass is 294 g/mol. The molecule has 1 N–H and O–H groups in total. The summed E-state index contributed by atoms with van der Waals surface area (Å²) >= 11 is 17.1. The van der Waals surface area contributed by atoms with Crippen LogP contribution in [0.1, 0.15) is 6.92 Å². The number of hydrogen-bond acceptors (Lipinski definition) is 4. The largest absolute Gasteiger partial charge is 0.461 e. The summed E-state index contributed by atoms with van der Waals surface area (Å²) in [6.45, 7) is 1.90. The number of benzene rings is 1. The zero-order chi connectivity index (χ0) is 12.8. The summed E-state index contributed by atoms with van der Waals surface area (Å²) in [6.07, 6.45) is 0. The highest BCUT2D eigenvalue weighted by atomic mass is 35.5. The minimum atomic E-state index is -0.699. The highest BCUT2D eigenvalue weighted by Crippen LogP contribution is 2.22. The molecule has 0 aromatic heterocycles. The molecular weight excluding hydrogens is 286 g/mol. The second-order valence-corrected chi connectivity index (χ2v) is 4.12. The molecule has 0 unspecified atom stereocenters. The number of carbonyl (C=O) groups excluding carboxylic acids is 1. The fourth-order valence-corrected chi connectivity index (χ4v) is 1.59. The molecule has 0 bridgehead atoms. The number of ether oxygens (including phenoxy) is 1. The first kappa shape index (κ1) is 14.1. The van der Waals surface area contributed by atoms with Crippen LogP contribution in [0.3, 0.4) is 0 Å². The summed E-state index contributed by atoms with van der Waals surface area (Å²) in [6, 6.07) is 4.75. The normalized spacial score (nSPS) is 11.2. The molecule has 7 heteroatoms. The minimum Gasteiger partial charge on any atom is -0.461 e. The summed E-state index contributed by atoms with van der Waals surface area (Å²) in [5.74, 6) is -0.699. The van der Waals surface area contributed by atoms with E-state index in [9.17, 15) is 4.79 Å². The lowest BCUT2D eigenvalue weighted by molar-refractivity contribution is -0.134. The van der Waals surface area contributed by atoms with Crippen LogP contribution in [0.25, 0.3) is 0 Å². The van der Waals surface area contributed by atoms with E-state index in [1.54, 1.807) is 25.1 Å². The molecule has 0 radical (unpaired) electrons. The Morgan fingerprint density at radius 2 is 1.94 bits per heavy atom. The molecule has 0 spiro atoms. The third-order valence-electron chi connectivity index (χ3n) is 1.59. The Kier molecular flexibility index (Phi) is 5.55. The van der Waals surface area contributed by atoms with Gasteiger partial charge in [0.2, 0.25) is 5.17 Å². The van der Waals surface area contributed by atoms with Crippen molar-refractivity contribution in [3.8, 4) is 0 Å². The van der Waals surface area contributed by atoms with Crippen LogP contribution in [0.15, 0.2) is 23.3 Å². The molecule has 1 aromatic rings. The predicted molar refractivity (Wildman–Crippen MR) is 70.0 cm³/mol. The Bertz CT molecular complexity index is 429. The number of esters is 1. The van der Waals surface area contributed by atoms with E-state index in [0.29, 0.717) is 15.7 Å². The number of hydrogen-bond donors (Lipinski definition) is 1. The summed E-state index contributed by atoms with van der Waals surface area (Å²) < 4.78 is 4.65. The number of halogens is 3. The van der Waals surface area contributed by atoms with Crippen molar-refractivity contribution < 1.29 is 9.53 Å². The van der Waals surface area contributed by atoms with Crippen LogP contribution < -0.4 is 5.43 Å². The van der Waals surface area contributed by atoms with Crippen LogP contribution in [-0.4, -0.2) is 17.7 Å². The molecule has 0 atom stereocenters. The van der Waals surface area contributed by atoms with Crippen LogP contribution >= 0.6 is 34.8 Å². The second kappa shape index (κ2) is 6.69. The van der Waals surface area contributed by atoms with Crippen molar-refractivity contribution in [2.75, 3.05) is 12.0 Å². The van der Waals surface area contributed by atoms with Crippen molar-refractivity contribution >= 4 is 51.6 Å². The van der Waals surface area contributed by atoms with Gasteiger partial charge in [-0.2, -0.15) is 5.10 Å². The van der Waals surface area contributed by atoms with E-state index in [2.05, 4.69) is 15.3 Å². The van der Waals surface area contributed by atoms with Crippen LogP contribution in [0.4, 0.5) is 5.69 Å². The van der Waals surface area contributed by atoms with Gasteiger partial charge in [-0.25, -0.2) is 4.79 Å². The van der Waals surface area contributed by atoms with Crippen LogP contribution in [0.5, 0.6) is 0 Å². The summed E-state index contributed by atoms with van der Waals surface area (Å²) in [7, 11) is 0. The maximum absolute atomic E-state index is 11.1. The number of nitrogens with zero attached hydrogens (tertiary/aromatic N) is 1. The molecular formula is C10H9Cl3N2O2. The van der Waals surface area contributed by atoms with Crippen molar-refractivity contribution in [3.63, 3.8) is 0 Å². The Morgan fingerprint density at radius 1 is 1.35 bits per heavy atom. The fraction of sp³-hybridized carbons (Fsp3) is 0.200. The molecule has 4 nitrogen and oxygen atoms in total. The molecule has 17 heavy (non-hydrogen) atoms. The van der Waals surface area contributed by atoms with Crippen molar-refractivity contribution in [3.05, 3.63) is 28.2 Å². The molecule has 0 aliphatic heterocycles. The smallest absolute Gasteiger partial charge is 0.370 e. The lowest BCUT2D eigenvalue weighted by Crippen LogP contribution is -2.13. The van der Waals surface area contributed by atoms with Crippen molar-refractivity contribution in [1.29, 1.82) is 0 Å². The van der Waals surface area contributed by atoms with Crippen molar-refractivity contribution in [2.24, 2.45) is 5.10 Å². The van der Waals surface area contributed by atoms with Crippen LogP contribution in [0.2, 0.25) is 10.0 Å². The fourth-order valence-electron chi connectivity index (χ4n) is 0.968. The Hall–Kier alpha value is -0.970. The zero-order valence-corrected chi connectivity index (χ0v) is 11.1. The van der Waals surface area contributed by atoms with E-state index in [0.717, 1.165) is 0 Å². The molecule has 0 heterocycles. The van der Waals surface area contributed by atoms with Gasteiger partial charge in [-0.1, -0.05) is 34.8 Å². The lowest BCUT2D eigenvalue weighted by Gasteiger charge is -2.03. The van der Waals surface area contributed by atoms with Gasteiger partial charge in [-0.15, -0.1) is 0 Å². The molecule has 0 fully saturated rings. The first-order valence-corrected chi connectivity index (χ1v) is 5.78. The van der Waals surface area contributed by atoms with Gasteiger partial charge in [-0.05, 0) is 25.1 Å². The molecule has 92 valence electrons. The number of hydrazone groups is 1. The maximum atomic E-state index is 11.1. The van der Waals surface area contributed by atoms with E-state index in [1.807, 2.05) is 0 Å². The van der Waals surface area contributed by atoms with Gasteiger partial charge in [0, 0.05) is 10.0 Å². The molecule has 1 aromatic carbocycles. The van der Waals surface area contributed by atoms with Gasteiger partial charge in [0.1, 0.15) is 0 Å². The van der Waals surface area contributed by atoms with Crippen molar-refractivity contribution in [2.45, 2.75) is 6.92 Å². The van der Waals surface area contributed by atoms with Crippen LogP contribution in [-0.2, 0) is 9.53 Å². The number of nitrogens with one attached hydrogen (secondary N) is 1. The Morgan fingerprint density at radius 3 is 2.47 bits per heavy atom. The van der Waals surface area contributed by atoms with E-state index in [1.165, 1.54) is 0 Å². The topological polar surface area (TPSA) is 50.7 Å². The summed E-state index contributed by atoms with van der Waals surface area (Å²) in [5, 5.41) is 4.23. The summed E-state index contributed by atoms with van der Waals surface area (Å²) in [4.78, 5) is 11.1. The predicted octanol–water partition coefficient (Wildman–Crippen LogP) is 3.52. The average molecular weight is 296 g/mol. The molecule has 1 rings (SSSR count). The van der Waals surface area contributed by atoms with Gasteiger partial charge in [-0.3, -0.25) is 5.43 Å². The van der Waals surface area contributed by atoms with Gasteiger partial charge >= 0.3 is 5.97 Å². The number of carbonyl (C=O) groups is 1. The van der Waals surface area contributed by atoms with Gasteiger partial charge in [0.25, 0.3) is 0 Å².